The second-order valence-corrected chi connectivity index (χ2v) is 4.65. The smallest absolute Gasteiger partial charge is 0.336 e. The molecule has 2 rings (SSSR count). The van der Waals surface area contributed by atoms with Crippen LogP contribution >= 0.6 is 11.6 Å². The number of carboxylic acid groups (broad SMARTS) is 1. The molecule has 3 nitrogen and oxygen atoms in total. The Hall–Kier alpha value is -2.00. The van der Waals surface area contributed by atoms with Crippen LogP contribution in [-0.2, 0) is 6.61 Å². The van der Waals surface area contributed by atoms with E-state index in [1.165, 1.54) is 6.07 Å². The predicted molar refractivity (Wildman–Crippen MR) is 73.9 cm³/mol. The van der Waals surface area contributed by atoms with Gasteiger partial charge >= 0.3 is 5.97 Å². The van der Waals surface area contributed by atoms with Crippen molar-refractivity contribution in [3.05, 3.63) is 64.2 Å². The summed E-state index contributed by atoms with van der Waals surface area (Å²) in [4.78, 5) is 11.1. The van der Waals surface area contributed by atoms with Crippen molar-refractivity contribution in [2.45, 2.75) is 13.5 Å². The number of aryl methyl sites for hydroxylation is 1. The molecule has 1 N–H and O–H groups in total. The van der Waals surface area contributed by atoms with E-state index in [0.29, 0.717) is 16.3 Å². The molecule has 98 valence electrons. The molecule has 0 saturated heterocycles. The van der Waals surface area contributed by atoms with Crippen molar-refractivity contribution < 1.29 is 14.6 Å². The summed E-state index contributed by atoms with van der Waals surface area (Å²) in [5.74, 6) is -0.295. The van der Waals surface area contributed by atoms with Gasteiger partial charge in [-0.15, -0.1) is 0 Å². The molecule has 0 aliphatic rings. The standard InChI is InChI=1S/C15H13ClO3/c1-10-3-2-4-13(7-10)19-9-11-5-6-12(16)8-14(11)15(17)18/h2-8H,9H2,1H3,(H,17,18). The van der Waals surface area contributed by atoms with E-state index in [9.17, 15) is 4.79 Å². The summed E-state index contributed by atoms with van der Waals surface area (Å²) in [6, 6.07) is 12.4. The number of ether oxygens (including phenoxy) is 1. The third kappa shape index (κ3) is 3.48. The first-order valence-corrected chi connectivity index (χ1v) is 6.15. The van der Waals surface area contributed by atoms with Crippen molar-refractivity contribution in [1.82, 2.24) is 0 Å². The SMILES string of the molecule is Cc1cccc(OCc2ccc(Cl)cc2C(=O)O)c1. The highest BCUT2D eigenvalue weighted by molar-refractivity contribution is 6.30. The minimum Gasteiger partial charge on any atom is -0.489 e. The van der Waals surface area contributed by atoms with Crippen molar-refractivity contribution in [1.29, 1.82) is 0 Å². The second-order valence-electron chi connectivity index (χ2n) is 4.21. The maximum atomic E-state index is 11.1. The van der Waals surface area contributed by atoms with Gasteiger partial charge < -0.3 is 9.84 Å². The van der Waals surface area contributed by atoms with E-state index in [1.54, 1.807) is 12.1 Å². The number of carbonyl (C=O) groups is 1. The number of benzene rings is 2. The second kappa shape index (κ2) is 5.76. The first kappa shape index (κ1) is 13.4. The van der Waals surface area contributed by atoms with E-state index in [0.717, 1.165) is 5.56 Å². The zero-order valence-electron chi connectivity index (χ0n) is 10.4. The minimum absolute atomic E-state index is 0.167. The Morgan fingerprint density at radius 2 is 2.05 bits per heavy atom. The Morgan fingerprint density at radius 1 is 1.26 bits per heavy atom. The van der Waals surface area contributed by atoms with E-state index in [4.69, 9.17) is 21.4 Å². The Bertz CT molecular complexity index is 608. The fourth-order valence-electron chi connectivity index (χ4n) is 1.74. The Morgan fingerprint density at radius 3 is 2.74 bits per heavy atom. The molecule has 0 fully saturated rings. The van der Waals surface area contributed by atoms with Crippen molar-refractivity contribution in [2.24, 2.45) is 0 Å². The van der Waals surface area contributed by atoms with E-state index >= 15 is 0 Å². The van der Waals surface area contributed by atoms with Crippen molar-refractivity contribution in [2.75, 3.05) is 0 Å². The lowest BCUT2D eigenvalue weighted by molar-refractivity contribution is 0.0694. The largest absolute Gasteiger partial charge is 0.489 e. The summed E-state index contributed by atoms with van der Waals surface area (Å²) in [5, 5.41) is 9.52. The zero-order chi connectivity index (χ0) is 13.8. The number of hydrogen-bond acceptors (Lipinski definition) is 2. The molecule has 0 atom stereocenters. The highest BCUT2D eigenvalue weighted by atomic mass is 35.5. The van der Waals surface area contributed by atoms with Gasteiger partial charge in [0.15, 0.2) is 0 Å². The fourth-order valence-corrected chi connectivity index (χ4v) is 1.91. The molecule has 0 heterocycles. The highest BCUT2D eigenvalue weighted by Gasteiger charge is 2.11. The summed E-state index contributed by atoms with van der Waals surface area (Å²) in [7, 11) is 0. The Labute approximate surface area is 116 Å². The summed E-state index contributed by atoms with van der Waals surface area (Å²) in [6.07, 6.45) is 0. The third-order valence-corrected chi connectivity index (χ3v) is 2.92. The number of carboxylic acids is 1. The van der Waals surface area contributed by atoms with Gasteiger partial charge in [0.1, 0.15) is 12.4 Å². The van der Waals surface area contributed by atoms with Crippen LogP contribution in [0.3, 0.4) is 0 Å². The van der Waals surface area contributed by atoms with Crippen LogP contribution in [0, 0.1) is 6.92 Å². The maximum absolute atomic E-state index is 11.1. The van der Waals surface area contributed by atoms with Crippen LogP contribution in [0.25, 0.3) is 0 Å². The van der Waals surface area contributed by atoms with Crippen LogP contribution in [0.5, 0.6) is 5.75 Å². The fraction of sp³-hybridized carbons (Fsp3) is 0.133. The van der Waals surface area contributed by atoms with Gasteiger partial charge in [0.05, 0.1) is 5.56 Å². The molecule has 4 heteroatoms. The van der Waals surface area contributed by atoms with Crippen LogP contribution in [0.4, 0.5) is 0 Å². The van der Waals surface area contributed by atoms with Gasteiger partial charge in [-0.2, -0.15) is 0 Å². The molecule has 0 spiro atoms. The summed E-state index contributed by atoms with van der Waals surface area (Å²) >= 11 is 5.79. The van der Waals surface area contributed by atoms with E-state index in [2.05, 4.69) is 0 Å². The lowest BCUT2D eigenvalue weighted by Crippen LogP contribution is -2.05. The van der Waals surface area contributed by atoms with Crippen molar-refractivity contribution >= 4 is 17.6 Å². The molecule has 0 bridgehead atoms. The normalized spacial score (nSPS) is 10.2. The number of hydrogen-bond donors (Lipinski definition) is 1. The number of aromatic carboxylic acids is 1. The van der Waals surface area contributed by atoms with Gasteiger partial charge in [-0.05, 0) is 36.8 Å². The third-order valence-electron chi connectivity index (χ3n) is 2.69. The van der Waals surface area contributed by atoms with Gasteiger partial charge in [0.25, 0.3) is 0 Å². The van der Waals surface area contributed by atoms with E-state index < -0.39 is 5.97 Å². The molecule has 2 aromatic rings. The first-order valence-electron chi connectivity index (χ1n) is 5.77. The van der Waals surface area contributed by atoms with Crippen molar-refractivity contribution in [3.8, 4) is 5.75 Å². The molecular weight excluding hydrogens is 264 g/mol. The molecule has 0 saturated carbocycles. The molecule has 0 aromatic heterocycles. The molecule has 2 aromatic carbocycles. The van der Waals surface area contributed by atoms with E-state index in [-0.39, 0.29) is 12.2 Å². The zero-order valence-corrected chi connectivity index (χ0v) is 11.1. The summed E-state index contributed by atoms with van der Waals surface area (Å²) in [5.41, 5.74) is 1.85. The molecule has 0 amide bonds. The van der Waals surface area contributed by atoms with Gasteiger partial charge in [-0.1, -0.05) is 29.8 Å². The van der Waals surface area contributed by atoms with Gasteiger partial charge in [-0.3, -0.25) is 0 Å². The number of rotatable bonds is 4. The van der Waals surface area contributed by atoms with Gasteiger partial charge in [0, 0.05) is 10.6 Å². The summed E-state index contributed by atoms with van der Waals surface area (Å²) in [6.45, 7) is 2.17. The minimum atomic E-state index is -1.01. The first-order chi connectivity index (χ1) is 9.06. The van der Waals surface area contributed by atoms with Crippen LogP contribution in [-0.4, -0.2) is 11.1 Å². The monoisotopic (exact) mass is 276 g/mol. The molecule has 0 radical (unpaired) electrons. The Kier molecular flexibility index (Phi) is 4.07. The molecular formula is C15H13ClO3. The summed E-state index contributed by atoms with van der Waals surface area (Å²) < 4.78 is 5.60. The van der Waals surface area contributed by atoms with Crippen molar-refractivity contribution in [3.63, 3.8) is 0 Å². The average molecular weight is 277 g/mol. The average Bonchev–Trinajstić information content (AvgIpc) is 2.37. The lowest BCUT2D eigenvalue weighted by Gasteiger charge is -2.09. The Balaban J connectivity index is 2.17. The molecule has 0 aliphatic heterocycles. The highest BCUT2D eigenvalue weighted by Crippen LogP contribution is 2.19. The molecule has 0 unspecified atom stereocenters. The quantitative estimate of drug-likeness (QED) is 0.920. The van der Waals surface area contributed by atoms with Crippen LogP contribution in [0.15, 0.2) is 42.5 Å². The maximum Gasteiger partial charge on any atom is 0.336 e. The molecule has 0 aliphatic carbocycles. The topological polar surface area (TPSA) is 46.5 Å². The van der Waals surface area contributed by atoms with E-state index in [1.807, 2.05) is 31.2 Å². The van der Waals surface area contributed by atoms with Gasteiger partial charge in [0.2, 0.25) is 0 Å². The van der Waals surface area contributed by atoms with Crippen LogP contribution < -0.4 is 4.74 Å². The lowest BCUT2D eigenvalue weighted by atomic mass is 10.1. The molecule has 19 heavy (non-hydrogen) atoms. The van der Waals surface area contributed by atoms with Gasteiger partial charge in [-0.25, -0.2) is 4.79 Å². The number of halogens is 1. The van der Waals surface area contributed by atoms with Crippen LogP contribution in [0.2, 0.25) is 5.02 Å². The predicted octanol–water partition coefficient (Wildman–Crippen LogP) is 3.93. The van der Waals surface area contributed by atoms with Crippen LogP contribution in [0.1, 0.15) is 21.5 Å².